The molecule has 120 valence electrons. The molecule has 0 bridgehead atoms. The molecule has 0 atom stereocenters. The zero-order valence-electron chi connectivity index (χ0n) is 13.1. The van der Waals surface area contributed by atoms with E-state index in [4.69, 9.17) is 4.74 Å². The van der Waals surface area contributed by atoms with Crippen molar-refractivity contribution in [2.24, 2.45) is 0 Å². The normalized spacial score (nSPS) is 11.8. The molecule has 0 saturated carbocycles. The molecule has 6 heteroatoms. The van der Waals surface area contributed by atoms with Crippen molar-refractivity contribution in [3.8, 4) is 5.75 Å². The number of hydrogen-bond donors (Lipinski definition) is 0. The van der Waals surface area contributed by atoms with E-state index < -0.39 is 10.0 Å². The maximum atomic E-state index is 13.0. The van der Waals surface area contributed by atoms with Gasteiger partial charge in [-0.25, -0.2) is 8.42 Å². The van der Waals surface area contributed by atoms with E-state index in [1.165, 1.54) is 0 Å². The minimum Gasteiger partial charge on any atom is -0.497 e. The summed E-state index contributed by atoms with van der Waals surface area (Å²) in [5.41, 5.74) is 1.72. The molecule has 4 nitrogen and oxygen atoms in total. The standard InChI is InChI=1S/C16H21NO3S2/c1-4-8-17(11-14-7-9-21-12-14)22(18,19)16-6-5-15(20-3)10-13(16)2/h5-7,9-10,12H,4,8,11H2,1-3H3. The lowest BCUT2D eigenvalue weighted by molar-refractivity contribution is 0.404. The topological polar surface area (TPSA) is 46.6 Å². The molecule has 0 spiro atoms. The van der Waals surface area contributed by atoms with Crippen LogP contribution in [0, 0.1) is 6.92 Å². The lowest BCUT2D eigenvalue weighted by Gasteiger charge is -2.22. The Morgan fingerprint density at radius 1 is 1.27 bits per heavy atom. The van der Waals surface area contributed by atoms with Crippen LogP contribution in [0.3, 0.4) is 0 Å². The molecule has 1 aromatic heterocycles. The number of thiophene rings is 1. The summed E-state index contributed by atoms with van der Waals surface area (Å²) in [6.45, 7) is 4.69. The molecule has 22 heavy (non-hydrogen) atoms. The molecule has 0 amide bonds. The van der Waals surface area contributed by atoms with Gasteiger partial charge in [-0.1, -0.05) is 6.92 Å². The Kier molecular flexibility index (Phi) is 5.61. The van der Waals surface area contributed by atoms with Crippen LogP contribution in [0.2, 0.25) is 0 Å². The average molecular weight is 339 g/mol. The highest BCUT2D eigenvalue weighted by Crippen LogP contribution is 2.25. The Hall–Kier alpha value is -1.37. The van der Waals surface area contributed by atoms with Gasteiger partial charge in [-0.15, -0.1) is 0 Å². The maximum Gasteiger partial charge on any atom is 0.243 e. The molecule has 1 heterocycles. The van der Waals surface area contributed by atoms with E-state index in [-0.39, 0.29) is 0 Å². The molecule has 2 aromatic rings. The molecule has 0 aliphatic carbocycles. The van der Waals surface area contributed by atoms with Crippen LogP contribution in [0.5, 0.6) is 5.75 Å². The molecular formula is C16H21NO3S2. The third-order valence-corrected chi connectivity index (χ3v) is 6.15. The zero-order chi connectivity index (χ0) is 16.2. The first-order chi connectivity index (χ1) is 10.5. The van der Waals surface area contributed by atoms with Crippen molar-refractivity contribution in [2.75, 3.05) is 13.7 Å². The Morgan fingerprint density at radius 3 is 2.59 bits per heavy atom. The number of nitrogens with zero attached hydrogens (tertiary/aromatic N) is 1. The first-order valence-corrected chi connectivity index (χ1v) is 9.53. The van der Waals surface area contributed by atoms with Crippen LogP contribution < -0.4 is 4.74 Å². The third kappa shape index (κ3) is 3.69. The Bertz CT molecular complexity index is 709. The van der Waals surface area contributed by atoms with Crippen molar-refractivity contribution in [1.82, 2.24) is 4.31 Å². The highest BCUT2D eigenvalue weighted by molar-refractivity contribution is 7.89. The number of hydrogen-bond acceptors (Lipinski definition) is 4. The zero-order valence-corrected chi connectivity index (χ0v) is 14.7. The lowest BCUT2D eigenvalue weighted by Crippen LogP contribution is -2.31. The molecular weight excluding hydrogens is 318 g/mol. The third-order valence-electron chi connectivity index (χ3n) is 3.41. The van der Waals surface area contributed by atoms with E-state index in [0.29, 0.717) is 29.3 Å². The fourth-order valence-corrected chi connectivity index (χ4v) is 4.68. The summed E-state index contributed by atoms with van der Waals surface area (Å²) in [6, 6.07) is 7.03. The van der Waals surface area contributed by atoms with Gasteiger partial charge in [0.2, 0.25) is 10.0 Å². The fourth-order valence-electron chi connectivity index (χ4n) is 2.30. The van der Waals surface area contributed by atoms with E-state index in [2.05, 4.69) is 0 Å². The van der Waals surface area contributed by atoms with Crippen LogP contribution in [0.25, 0.3) is 0 Å². The first kappa shape index (κ1) is 17.0. The molecule has 0 fully saturated rings. The fraction of sp³-hybridized carbons (Fsp3) is 0.375. The summed E-state index contributed by atoms with van der Waals surface area (Å²) in [7, 11) is -1.94. The molecule has 0 saturated heterocycles. The van der Waals surface area contributed by atoms with E-state index >= 15 is 0 Å². The van der Waals surface area contributed by atoms with Crippen molar-refractivity contribution in [3.05, 3.63) is 46.2 Å². The second-order valence-corrected chi connectivity index (χ2v) is 7.79. The number of rotatable bonds is 7. The molecule has 1 aromatic carbocycles. The van der Waals surface area contributed by atoms with Crippen molar-refractivity contribution in [2.45, 2.75) is 31.7 Å². The monoisotopic (exact) mass is 339 g/mol. The Morgan fingerprint density at radius 2 is 2.05 bits per heavy atom. The van der Waals surface area contributed by atoms with Crippen LogP contribution in [0.15, 0.2) is 39.9 Å². The summed E-state index contributed by atoms with van der Waals surface area (Å²) >= 11 is 1.58. The van der Waals surface area contributed by atoms with Gasteiger partial charge < -0.3 is 4.74 Å². The van der Waals surface area contributed by atoms with Gasteiger partial charge in [-0.2, -0.15) is 15.6 Å². The smallest absolute Gasteiger partial charge is 0.243 e. The van der Waals surface area contributed by atoms with Gasteiger partial charge in [0.1, 0.15) is 5.75 Å². The number of sulfonamides is 1. The molecule has 0 radical (unpaired) electrons. The summed E-state index contributed by atoms with van der Waals surface area (Å²) in [5, 5.41) is 3.95. The van der Waals surface area contributed by atoms with Crippen LogP contribution in [-0.4, -0.2) is 26.4 Å². The molecule has 0 N–H and O–H groups in total. The summed E-state index contributed by atoms with van der Waals surface area (Å²) in [5.74, 6) is 0.663. The van der Waals surface area contributed by atoms with E-state index in [9.17, 15) is 8.42 Å². The van der Waals surface area contributed by atoms with Crippen molar-refractivity contribution in [3.63, 3.8) is 0 Å². The van der Waals surface area contributed by atoms with E-state index in [0.717, 1.165) is 12.0 Å². The maximum absolute atomic E-state index is 13.0. The SMILES string of the molecule is CCCN(Cc1ccsc1)S(=O)(=O)c1ccc(OC)cc1C. The Labute approximate surface area is 136 Å². The van der Waals surface area contributed by atoms with Gasteiger partial charge in [0, 0.05) is 13.1 Å². The largest absolute Gasteiger partial charge is 0.497 e. The van der Waals surface area contributed by atoms with Gasteiger partial charge in [0.25, 0.3) is 0 Å². The van der Waals surface area contributed by atoms with Gasteiger partial charge in [-0.05, 0) is 59.5 Å². The van der Waals surface area contributed by atoms with Crippen molar-refractivity contribution in [1.29, 1.82) is 0 Å². The number of methoxy groups -OCH3 is 1. The highest BCUT2D eigenvalue weighted by atomic mass is 32.2. The summed E-state index contributed by atoms with van der Waals surface area (Å²) < 4.78 is 32.6. The minimum atomic E-state index is -3.51. The second-order valence-electron chi connectivity index (χ2n) is 5.10. The van der Waals surface area contributed by atoms with E-state index in [1.807, 2.05) is 23.8 Å². The van der Waals surface area contributed by atoms with Crippen LogP contribution in [0.4, 0.5) is 0 Å². The molecule has 2 rings (SSSR count). The minimum absolute atomic E-state index is 0.344. The average Bonchev–Trinajstić information content (AvgIpc) is 2.99. The van der Waals surface area contributed by atoms with Gasteiger partial charge >= 0.3 is 0 Å². The quantitative estimate of drug-likeness (QED) is 0.773. The molecule has 0 aliphatic heterocycles. The van der Waals surface area contributed by atoms with Crippen LogP contribution >= 0.6 is 11.3 Å². The van der Waals surface area contributed by atoms with Crippen LogP contribution in [-0.2, 0) is 16.6 Å². The van der Waals surface area contributed by atoms with Crippen LogP contribution in [0.1, 0.15) is 24.5 Å². The summed E-state index contributed by atoms with van der Waals surface area (Å²) in [6.07, 6.45) is 0.776. The molecule has 0 aliphatic rings. The van der Waals surface area contributed by atoms with Gasteiger partial charge in [0.15, 0.2) is 0 Å². The van der Waals surface area contributed by atoms with E-state index in [1.54, 1.807) is 47.9 Å². The predicted molar refractivity (Wildman–Crippen MR) is 89.9 cm³/mol. The lowest BCUT2D eigenvalue weighted by atomic mass is 10.2. The number of aryl methyl sites for hydroxylation is 1. The molecule has 0 unspecified atom stereocenters. The first-order valence-electron chi connectivity index (χ1n) is 7.15. The van der Waals surface area contributed by atoms with Gasteiger partial charge in [-0.3, -0.25) is 0 Å². The van der Waals surface area contributed by atoms with Crippen molar-refractivity contribution >= 4 is 21.4 Å². The second kappa shape index (κ2) is 7.26. The van der Waals surface area contributed by atoms with Crippen molar-refractivity contribution < 1.29 is 13.2 Å². The Balaban J connectivity index is 2.36. The number of benzene rings is 1. The summed E-state index contributed by atoms with van der Waals surface area (Å²) in [4.78, 5) is 0.344. The highest BCUT2D eigenvalue weighted by Gasteiger charge is 2.25. The van der Waals surface area contributed by atoms with Gasteiger partial charge in [0.05, 0.1) is 12.0 Å². The number of ether oxygens (including phenoxy) is 1. The predicted octanol–water partition coefficient (Wildman–Crippen LogP) is 3.67.